The minimum Gasteiger partial charge on any atom is -0.338 e. The van der Waals surface area contributed by atoms with E-state index >= 15 is 0 Å². The van der Waals surface area contributed by atoms with Gasteiger partial charge in [-0.1, -0.05) is 34.1 Å². The summed E-state index contributed by atoms with van der Waals surface area (Å²) in [6.07, 6.45) is 1.58. The van der Waals surface area contributed by atoms with Gasteiger partial charge in [0.1, 0.15) is 6.04 Å². The van der Waals surface area contributed by atoms with Crippen molar-refractivity contribution in [1.82, 2.24) is 27.0 Å². The predicted molar refractivity (Wildman–Crippen MR) is 79.2 cm³/mol. The van der Waals surface area contributed by atoms with E-state index in [2.05, 4.69) is 49.0 Å². The van der Waals surface area contributed by atoms with Crippen molar-refractivity contribution in [3.8, 4) is 0 Å². The van der Waals surface area contributed by atoms with E-state index in [1.54, 1.807) is 0 Å². The molecule has 0 aliphatic carbocycles. The molecule has 3 atom stereocenters. The van der Waals surface area contributed by atoms with Crippen LogP contribution >= 0.6 is 15.9 Å². The molecule has 2 aliphatic heterocycles. The minimum atomic E-state index is -0.140. The molecular weight excluding hydrogens is 322 g/mol. The highest BCUT2D eigenvalue weighted by Crippen LogP contribution is 2.27. The van der Waals surface area contributed by atoms with Crippen LogP contribution in [0.3, 0.4) is 0 Å². The molecule has 2 aliphatic rings. The van der Waals surface area contributed by atoms with E-state index in [0.717, 1.165) is 23.9 Å². The highest BCUT2D eigenvalue weighted by atomic mass is 79.9. The van der Waals surface area contributed by atoms with Crippen LogP contribution in [0.2, 0.25) is 0 Å². The van der Waals surface area contributed by atoms with Gasteiger partial charge in [-0.2, -0.15) is 0 Å². The minimum absolute atomic E-state index is 0.0297. The first-order valence-corrected chi connectivity index (χ1v) is 7.57. The Balaban J connectivity index is 1.57. The van der Waals surface area contributed by atoms with E-state index in [4.69, 9.17) is 0 Å². The maximum Gasteiger partial charge on any atom is 0.239 e. The Morgan fingerprint density at radius 1 is 1.25 bits per heavy atom. The molecule has 1 aromatic rings. The lowest BCUT2D eigenvalue weighted by Gasteiger charge is -2.15. The molecule has 0 bridgehead atoms. The average molecular weight is 340 g/mol. The van der Waals surface area contributed by atoms with Crippen LogP contribution in [-0.4, -0.2) is 24.7 Å². The SMILES string of the molecule is O=C(NC1CC(c2ccccc2Br)NN1)C1CCNN1. The van der Waals surface area contributed by atoms with Crippen molar-refractivity contribution in [2.24, 2.45) is 0 Å². The van der Waals surface area contributed by atoms with E-state index in [9.17, 15) is 4.79 Å². The van der Waals surface area contributed by atoms with Crippen LogP contribution < -0.4 is 27.0 Å². The van der Waals surface area contributed by atoms with Crippen LogP contribution in [0.15, 0.2) is 28.7 Å². The molecule has 6 nitrogen and oxygen atoms in total. The van der Waals surface area contributed by atoms with E-state index in [1.165, 1.54) is 5.56 Å². The fourth-order valence-electron chi connectivity index (χ4n) is 2.57. The van der Waals surface area contributed by atoms with Crippen molar-refractivity contribution in [3.05, 3.63) is 34.3 Å². The van der Waals surface area contributed by atoms with Gasteiger partial charge in [0.05, 0.1) is 12.2 Å². The fraction of sp³-hybridized carbons (Fsp3) is 0.462. The zero-order valence-corrected chi connectivity index (χ0v) is 12.5. The van der Waals surface area contributed by atoms with Gasteiger partial charge in [-0.15, -0.1) is 0 Å². The lowest BCUT2D eigenvalue weighted by atomic mass is 10.0. The Hall–Kier alpha value is -0.990. The van der Waals surface area contributed by atoms with E-state index < -0.39 is 0 Å². The molecule has 0 saturated carbocycles. The number of rotatable bonds is 3. The van der Waals surface area contributed by atoms with Gasteiger partial charge >= 0.3 is 0 Å². The zero-order valence-electron chi connectivity index (χ0n) is 10.9. The summed E-state index contributed by atoms with van der Waals surface area (Å²) >= 11 is 3.56. The summed E-state index contributed by atoms with van der Waals surface area (Å²) in [5.74, 6) is 0.0297. The molecular formula is C13H18BrN5O. The first kappa shape index (κ1) is 14.0. The number of hydrazine groups is 2. The second-order valence-corrected chi connectivity index (χ2v) is 5.93. The van der Waals surface area contributed by atoms with Crippen LogP contribution in [0, 0.1) is 0 Å². The van der Waals surface area contributed by atoms with Crippen molar-refractivity contribution >= 4 is 21.8 Å². The molecule has 0 aromatic heterocycles. The van der Waals surface area contributed by atoms with Crippen molar-refractivity contribution in [1.29, 1.82) is 0 Å². The Morgan fingerprint density at radius 3 is 2.85 bits per heavy atom. The summed E-state index contributed by atoms with van der Waals surface area (Å²) in [7, 11) is 0. The van der Waals surface area contributed by atoms with Crippen LogP contribution in [0.1, 0.15) is 24.4 Å². The molecule has 2 heterocycles. The number of hydrogen-bond acceptors (Lipinski definition) is 5. The van der Waals surface area contributed by atoms with Gasteiger partial charge in [-0.25, -0.2) is 16.3 Å². The van der Waals surface area contributed by atoms with E-state index in [0.29, 0.717) is 0 Å². The van der Waals surface area contributed by atoms with Crippen LogP contribution in [-0.2, 0) is 4.79 Å². The maximum atomic E-state index is 12.0. The topological polar surface area (TPSA) is 77.2 Å². The molecule has 7 heteroatoms. The molecule has 3 rings (SSSR count). The normalized spacial score (nSPS) is 29.6. The van der Waals surface area contributed by atoms with Gasteiger partial charge in [-0.3, -0.25) is 10.2 Å². The first-order chi connectivity index (χ1) is 9.74. The van der Waals surface area contributed by atoms with Gasteiger partial charge in [0, 0.05) is 17.4 Å². The summed E-state index contributed by atoms with van der Waals surface area (Å²) < 4.78 is 1.08. The van der Waals surface area contributed by atoms with Crippen molar-refractivity contribution in [2.75, 3.05) is 6.54 Å². The number of benzene rings is 1. The maximum absolute atomic E-state index is 12.0. The smallest absolute Gasteiger partial charge is 0.239 e. The van der Waals surface area contributed by atoms with Crippen LogP contribution in [0.4, 0.5) is 0 Å². The summed E-state index contributed by atoms with van der Waals surface area (Å²) in [5, 5.41) is 3.01. The van der Waals surface area contributed by atoms with Gasteiger partial charge in [0.2, 0.25) is 5.91 Å². The molecule has 3 unspecified atom stereocenters. The Kier molecular flexibility index (Phi) is 4.32. The molecule has 2 saturated heterocycles. The average Bonchev–Trinajstić information content (AvgIpc) is 3.10. The number of amides is 1. The van der Waals surface area contributed by atoms with Crippen LogP contribution in [0.5, 0.6) is 0 Å². The Labute approximate surface area is 126 Å². The fourth-order valence-corrected chi connectivity index (χ4v) is 3.13. The summed E-state index contributed by atoms with van der Waals surface area (Å²) in [6, 6.07) is 8.16. The summed E-state index contributed by atoms with van der Waals surface area (Å²) in [4.78, 5) is 12.0. The number of carbonyl (C=O) groups is 1. The standard InChI is InChI=1S/C13H18BrN5O/c14-9-4-2-1-3-8(9)11-7-12(19-18-11)16-13(20)10-5-6-15-17-10/h1-4,10-12,15,17-19H,5-7H2,(H,16,20). The number of halogens is 1. The Morgan fingerprint density at radius 2 is 2.10 bits per heavy atom. The number of carbonyl (C=O) groups excluding carboxylic acids is 1. The third kappa shape index (κ3) is 3.02. The van der Waals surface area contributed by atoms with Gasteiger partial charge in [0.15, 0.2) is 0 Å². The Bertz CT molecular complexity index is 491. The second-order valence-electron chi connectivity index (χ2n) is 5.07. The van der Waals surface area contributed by atoms with Crippen molar-refractivity contribution in [2.45, 2.75) is 31.1 Å². The first-order valence-electron chi connectivity index (χ1n) is 6.78. The molecule has 20 heavy (non-hydrogen) atoms. The quantitative estimate of drug-likeness (QED) is 0.547. The highest BCUT2D eigenvalue weighted by molar-refractivity contribution is 9.10. The predicted octanol–water partition coefficient (Wildman–Crippen LogP) is 0.297. The van der Waals surface area contributed by atoms with Crippen molar-refractivity contribution < 1.29 is 4.79 Å². The molecule has 5 N–H and O–H groups in total. The molecule has 1 aromatic carbocycles. The van der Waals surface area contributed by atoms with E-state index in [1.807, 2.05) is 18.2 Å². The number of nitrogens with one attached hydrogen (secondary N) is 5. The third-order valence-corrected chi connectivity index (χ3v) is 4.37. The number of hydrogen-bond donors (Lipinski definition) is 5. The molecule has 1 amide bonds. The van der Waals surface area contributed by atoms with Gasteiger partial charge < -0.3 is 5.32 Å². The largest absolute Gasteiger partial charge is 0.338 e. The van der Waals surface area contributed by atoms with Gasteiger partial charge in [-0.05, 0) is 18.1 Å². The molecule has 108 valence electrons. The molecule has 2 fully saturated rings. The molecule has 0 radical (unpaired) electrons. The zero-order chi connectivity index (χ0) is 13.9. The monoisotopic (exact) mass is 339 g/mol. The summed E-state index contributed by atoms with van der Waals surface area (Å²) in [5.41, 5.74) is 13.5. The lowest BCUT2D eigenvalue weighted by molar-refractivity contribution is -0.123. The highest BCUT2D eigenvalue weighted by Gasteiger charge is 2.30. The van der Waals surface area contributed by atoms with Crippen molar-refractivity contribution in [3.63, 3.8) is 0 Å². The third-order valence-electron chi connectivity index (χ3n) is 3.65. The lowest BCUT2D eigenvalue weighted by Crippen LogP contribution is -2.50. The second kappa shape index (κ2) is 6.19. The van der Waals surface area contributed by atoms with Crippen LogP contribution in [0.25, 0.3) is 0 Å². The molecule has 0 spiro atoms. The van der Waals surface area contributed by atoms with Gasteiger partial charge in [0.25, 0.3) is 0 Å². The summed E-state index contributed by atoms with van der Waals surface area (Å²) in [6.45, 7) is 0.827. The van der Waals surface area contributed by atoms with E-state index in [-0.39, 0.29) is 24.2 Å².